The number of ketones is 1. The molecule has 2 aromatic rings. The number of carbonyl (C=O) groups excluding carboxylic acids is 1. The van der Waals surface area contributed by atoms with Crippen LogP contribution in [0.2, 0.25) is 0 Å². The zero-order valence-electron chi connectivity index (χ0n) is 11.4. The van der Waals surface area contributed by atoms with Crippen LogP contribution in [0.1, 0.15) is 16.8 Å². The molecule has 0 saturated carbocycles. The van der Waals surface area contributed by atoms with Gasteiger partial charge in [0.2, 0.25) is 0 Å². The molecule has 2 heterocycles. The highest BCUT2D eigenvalue weighted by molar-refractivity contribution is 9.10. The van der Waals surface area contributed by atoms with E-state index in [1.54, 1.807) is 13.2 Å². The molecule has 0 aliphatic carbocycles. The maximum absolute atomic E-state index is 12.2. The minimum Gasteiger partial charge on any atom is -0.497 e. The smallest absolute Gasteiger partial charge is 0.167 e. The fraction of sp³-hybridized carbons (Fsp3) is 0.188. The molecule has 0 atom stereocenters. The number of methoxy groups -OCH3 is 1. The van der Waals surface area contributed by atoms with Gasteiger partial charge in [-0.15, -0.1) is 0 Å². The number of ether oxygens (including phenoxy) is 2. The van der Waals surface area contributed by atoms with Crippen molar-refractivity contribution in [3.8, 4) is 17.2 Å². The maximum Gasteiger partial charge on any atom is 0.167 e. The van der Waals surface area contributed by atoms with Crippen molar-refractivity contribution >= 4 is 33.1 Å². The normalized spacial score (nSPS) is 15.1. The van der Waals surface area contributed by atoms with E-state index in [0.29, 0.717) is 30.0 Å². The monoisotopic (exact) mass is 345 g/mol. The zero-order valence-corrected chi connectivity index (χ0v) is 12.9. The van der Waals surface area contributed by atoms with Crippen molar-refractivity contribution < 1.29 is 14.3 Å². The number of halogens is 1. The summed E-state index contributed by atoms with van der Waals surface area (Å²) in [6, 6.07) is 9.51. The maximum atomic E-state index is 12.2. The van der Waals surface area contributed by atoms with Crippen LogP contribution in [-0.4, -0.2) is 19.4 Å². The van der Waals surface area contributed by atoms with Crippen molar-refractivity contribution in [2.24, 2.45) is 0 Å². The summed E-state index contributed by atoms with van der Waals surface area (Å²) >= 11 is 3.49. The molecule has 4 rings (SSSR count). The fourth-order valence-electron chi connectivity index (χ4n) is 2.88. The van der Waals surface area contributed by atoms with E-state index < -0.39 is 0 Å². The molecule has 0 N–H and O–H groups in total. The molecular formula is C16H12BrNO3. The van der Waals surface area contributed by atoms with Gasteiger partial charge in [0, 0.05) is 29.1 Å². The molecule has 0 fully saturated rings. The lowest BCUT2D eigenvalue weighted by atomic mass is 9.97. The number of anilines is 2. The molecule has 0 amide bonds. The SMILES string of the molecule is COc1cc2c3c(c1)C(=O)CCN3c1cc(Br)ccc1O2. The van der Waals surface area contributed by atoms with Gasteiger partial charge in [-0.05, 0) is 24.3 Å². The predicted molar refractivity (Wildman–Crippen MR) is 83.2 cm³/mol. The van der Waals surface area contributed by atoms with Crippen molar-refractivity contribution in [1.29, 1.82) is 0 Å². The van der Waals surface area contributed by atoms with Crippen LogP contribution in [0, 0.1) is 0 Å². The molecule has 0 spiro atoms. The molecule has 106 valence electrons. The third kappa shape index (κ3) is 1.84. The highest BCUT2D eigenvalue weighted by Crippen LogP contribution is 2.51. The molecule has 0 saturated heterocycles. The second-order valence-electron chi connectivity index (χ2n) is 5.06. The van der Waals surface area contributed by atoms with E-state index in [1.165, 1.54) is 0 Å². The number of hydrogen-bond acceptors (Lipinski definition) is 4. The summed E-state index contributed by atoms with van der Waals surface area (Å²) in [6.45, 7) is 0.665. The Morgan fingerprint density at radius 2 is 2.10 bits per heavy atom. The van der Waals surface area contributed by atoms with E-state index in [-0.39, 0.29) is 5.78 Å². The van der Waals surface area contributed by atoms with E-state index in [4.69, 9.17) is 9.47 Å². The first-order chi connectivity index (χ1) is 10.2. The van der Waals surface area contributed by atoms with Gasteiger partial charge in [-0.1, -0.05) is 15.9 Å². The summed E-state index contributed by atoms with van der Waals surface area (Å²) in [5, 5.41) is 0. The lowest BCUT2D eigenvalue weighted by Gasteiger charge is -2.37. The minimum absolute atomic E-state index is 0.128. The Labute approximate surface area is 130 Å². The van der Waals surface area contributed by atoms with Crippen LogP contribution in [0.3, 0.4) is 0 Å². The third-order valence-corrected chi connectivity index (χ3v) is 4.34. The van der Waals surface area contributed by atoms with Crippen LogP contribution in [0.5, 0.6) is 17.2 Å². The molecular weight excluding hydrogens is 334 g/mol. The Morgan fingerprint density at radius 1 is 1.24 bits per heavy atom. The van der Waals surface area contributed by atoms with Gasteiger partial charge in [0.15, 0.2) is 17.3 Å². The number of fused-ring (bicyclic) bond motifs is 2. The van der Waals surface area contributed by atoms with E-state index in [2.05, 4.69) is 20.8 Å². The standard InChI is InChI=1S/C16H12BrNO3/c1-20-10-7-11-13(19)4-5-18-12-6-9(17)2-3-14(12)21-15(8-10)16(11)18/h2-3,6-8H,4-5H2,1H3. The zero-order chi connectivity index (χ0) is 14.6. The molecule has 0 bridgehead atoms. The van der Waals surface area contributed by atoms with Crippen LogP contribution in [0.15, 0.2) is 34.8 Å². The van der Waals surface area contributed by atoms with Crippen LogP contribution >= 0.6 is 15.9 Å². The van der Waals surface area contributed by atoms with Crippen molar-refractivity contribution in [1.82, 2.24) is 0 Å². The second-order valence-corrected chi connectivity index (χ2v) is 5.98. The van der Waals surface area contributed by atoms with Gasteiger partial charge < -0.3 is 14.4 Å². The molecule has 5 heteroatoms. The van der Waals surface area contributed by atoms with Gasteiger partial charge in [-0.25, -0.2) is 0 Å². The average molecular weight is 346 g/mol. The topological polar surface area (TPSA) is 38.8 Å². The third-order valence-electron chi connectivity index (χ3n) is 3.85. The largest absolute Gasteiger partial charge is 0.497 e. The van der Waals surface area contributed by atoms with Gasteiger partial charge >= 0.3 is 0 Å². The van der Waals surface area contributed by atoms with Crippen molar-refractivity contribution in [3.63, 3.8) is 0 Å². The molecule has 2 aromatic carbocycles. The van der Waals surface area contributed by atoms with E-state index >= 15 is 0 Å². The first-order valence-electron chi connectivity index (χ1n) is 6.67. The van der Waals surface area contributed by atoms with Crippen LogP contribution in [-0.2, 0) is 0 Å². The Kier molecular flexibility index (Phi) is 2.72. The van der Waals surface area contributed by atoms with Gasteiger partial charge in [-0.2, -0.15) is 0 Å². The van der Waals surface area contributed by atoms with Gasteiger partial charge in [-0.3, -0.25) is 4.79 Å². The average Bonchev–Trinajstić information content (AvgIpc) is 2.50. The second kappa shape index (κ2) is 4.49. The summed E-state index contributed by atoms with van der Waals surface area (Å²) in [6.07, 6.45) is 0.492. The Bertz CT molecular complexity index is 772. The summed E-state index contributed by atoms with van der Waals surface area (Å²) in [5.41, 5.74) is 2.50. The van der Waals surface area contributed by atoms with Gasteiger partial charge in [0.05, 0.1) is 18.5 Å². The van der Waals surface area contributed by atoms with Gasteiger partial charge in [0.25, 0.3) is 0 Å². The van der Waals surface area contributed by atoms with E-state index in [0.717, 1.165) is 21.6 Å². The molecule has 21 heavy (non-hydrogen) atoms. The number of rotatable bonds is 1. The molecule has 0 radical (unpaired) electrons. The summed E-state index contributed by atoms with van der Waals surface area (Å²) < 4.78 is 12.2. The Balaban J connectivity index is 1.98. The van der Waals surface area contributed by atoms with E-state index in [9.17, 15) is 4.79 Å². The number of benzene rings is 2. The lowest BCUT2D eigenvalue weighted by Crippen LogP contribution is -2.30. The Morgan fingerprint density at radius 3 is 2.90 bits per heavy atom. The molecule has 2 aliphatic rings. The van der Waals surface area contributed by atoms with Crippen molar-refractivity contribution in [2.45, 2.75) is 6.42 Å². The number of carbonyl (C=O) groups is 1. The first kappa shape index (κ1) is 12.7. The molecule has 2 aliphatic heterocycles. The molecule has 4 nitrogen and oxygen atoms in total. The summed E-state index contributed by atoms with van der Waals surface area (Å²) in [7, 11) is 1.59. The highest BCUT2D eigenvalue weighted by atomic mass is 79.9. The molecule has 0 aromatic heterocycles. The first-order valence-corrected chi connectivity index (χ1v) is 7.47. The minimum atomic E-state index is 0.128. The number of hydrogen-bond donors (Lipinski definition) is 0. The van der Waals surface area contributed by atoms with Crippen LogP contribution < -0.4 is 14.4 Å². The molecule has 0 unspecified atom stereocenters. The van der Waals surface area contributed by atoms with Gasteiger partial charge in [0.1, 0.15) is 5.75 Å². The van der Waals surface area contributed by atoms with E-state index in [1.807, 2.05) is 24.3 Å². The fourth-order valence-corrected chi connectivity index (χ4v) is 3.23. The Hall–Kier alpha value is -2.01. The van der Waals surface area contributed by atoms with Crippen LogP contribution in [0.4, 0.5) is 11.4 Å². The van der Waals surface area contributed by atoms with Crippen LogP contribution in [0.25, 0.3) is 0 Å². The van der Waals surface area contributed by atoms with Crippen molar-refractivity contribution in [3.05, 3.63) is 40.4 Å². The van der Waals surface area contributed by atoms with Crippen molar-refractivity contribution in [2.75, 3.05) is 18.6 Å². The lowest BCUT2D eigenvalue weighted by molar-refractivity contribution is 0.0980. The number of nitrogens with zero attached hydrogens (tertiary/aromatic N) is 1. The predicted octanol–water partition coefficient (Wildman–Crippen LogP) is 4.29. The quantitative estimate of drug-likeness (QED) is 0.772. The highest BCUT2D eigenvalue weighted by Gasteiger charge is 2.33. The summed E-state index contributed by atoms with van der Waals surface area (Å²) in [5.74, 6) is 2.23. The number of Topliss-reactive ketones (excluding diaryl/α,β-unsaturated/α-hetero) is 1. The summed E-state index contributed by atoms with van der Waals surface area (Å²) in [4.78, 5) is 14.4.